The second-order valence-corrected chi connectivity index (χ2v) is 3.51. The summed E-state index contributed by atoms with van der Waals surface area (Å²) in [7, 11) is 1.68. The Balaban J connectivity index is 2.61. The minimum atomic E-state index is -0.337. The Morgan fingerprint density at radius 3 is 2.62 bits per heavy atom. The SMILES string of the molecule is C#CC(=O)N(C)c1cccc2ccccc12. The lowest BCUT2D eigenvalue weighted by molar-refractivity contribution is -0.113. The van der Waals surface area contributed by atoms with E-state index in [0.29, 0.717) is 0 Å². The number of nitrogens with zero attached hydrogens (tertiary/aromatic N) is 1. The molecule has 2 heteroatoms. The third kappa shape index (κ3) is 1.64. The Hall–Kier alpha value is -2.27. The van der Waals surface area contributed by atoms with Crippen LogP contribution in [0.4, 0.5) is 5.69 Å². The van der Waals surface area contributed by atoms with E-state index in [1.807, 2.05) is 42.5 Å². The largest absolute Gasteiger partial charge is 0.304 e. The molecule has 0 aromatic heterocycles. The maximum Gasteiger partial charge on any atom is 0.302 e. The first-order chi connectivity index (χ1) is 7.74. The van der Waals surface area contributed by atoms with Crippen LogP contribution in [0.2, 0.25) is 0 Å². The van der Waals surface area contributed by atoms with Crippen molar-refractivity contribution in [3.05, 3.63) is 42.5 Å². The van der Waals surface area contributed by atoms with Gasteiger partial charge in [-0.15, -0.1) is 6.42 Å². The fraction of sp³-hybridized carbons (Fsp3) is 0.0714. The summed E-state index contributed by atoms with van der Waals surface area (Å²) in [6.45, 7) is 0. The van der Waals surface area contributed by atoms with Crippen molar-refractivity contribution in [2.45, 2.75) is 0 Å². The number of benzene rings is 2. The number of hydrogen-bond acceptors (Lipinski definition) is 1. The van der Waals surface area contributed by atoms with E-state index in [-0.39, 0.29) is 5.91 Å². The third-order valence-corrected chi connectivity index (χ3v) is 2.56. The number of rotatable bonds is 1. The lowest BCUT2D eigenvalue weighted by atomic mass is 10.1. The summed E-state index contributed by atoms with van der Waals surface area (Å²) >= 11 is 0. The van der Waals surface area contributed by atoms with E-state index in [1.165, 1.54) is 4.90 Å². The van der Waals surface area contributed by atoms with Gasteiger partial charge in [-0.3, -0.25) is 4.79 Å². The van der Waals surface area contributed by atoms with Gasteiger partial charge in [-0.1, -0.05) is 36.4 Å². The molecule has 78 valence electrons. The van der Waals surface area contributed by atoms with Crippen LogP contribution in [0.3, 0.4) is 0 Å². The van der Waals surface area contributed by atoms with E-state index in [2.05, 4.69) is 5.92 Å². The van der Waals surface area contributed by atoms with Gasteiger partial charge >= 0.3 is 5.91 Å². The molecule has 16 heavy (non-hydrogen) atoms. The summed E-state index contributed by atoms with van der Waals surface area (Å²) in [6, 6.07) is 13.7. The van der Waals surface area contributed by atoms with Gasteiger partial charge in [0.2, 0.25) is 0 Å². The summed E-state index contributed by atoms with van der Waals surface area (Å²) in [5.74, 6) is 1.78. The van der Waals surface area contributed by atoms with E-state index in [4.69, 9.17) is 6.42 Å². The summed E-state index contributed by atoms with van der Waals surface area (Å²) in [4.78, 5) is 12.9. The molecule has 0 saturated heterocycles. The number of carbonyl (C=O) groups excluding carboxylic acids is 1. The van der Waals surface area contributed by atoms with Gasteiger partial charge in [0.1, 0.15) is 0 Å². The van der Waals surface area contributed by atoms with Gasteiger partial charge in [0, 0.05) is 12.4 Å². The maximum atomic E-state index is 11.4. The van der Waals surface area contributed by atoms with Crippen LogP contribution in [0, 0.1) is 12.3 Å². The molecule has 0 radical (unpaired) electrons. The smallest absolute Gasteiger partial charge is 0.302 e. The van der Waals surface area contributed by atoms with Crippen molar-refractivity contribution in [2.24, 2.45) is 0 Å². The first-order valence-electron chi connectivity index (χ1n) is 4.96. The van der Waals surface area contributed by atoms with Crippen LogP contribution in [-0.4, -0.2) is 13.0 Å². The van der Waals surface area contributed by atoms with Crippen LogP contribution >= 0.6 is 0 Å². The highest BCUT2D eigenvalue weighted by Gasteiger charge is 2.10. The van der Waals surface area contributed by atoms with Crippen molar-refractivity contribution in [3.8, 4) is 12.3 Å². The summed E-state index contributed by atoms with van der Waals surface area (Å²) in [5, 5.41) is 2.12. The van der Waals surface area contributed by atoms with Gasteiger partial charge in [-0.2, -0.15) is 0 Å². The molecule has 0 saturated carbocycles. The predicted octanol–water partition coefficient (Wildman–Crippen LogP) is 2.44. The van der Waals surface area contributed by atoms with Crippen molar-refractivity contribution in [2.75, 3.05) is 11.9 Å². The fourth-order valence-corrected chi connectivity index (χ4v) is 1.71. The molecule has 0 N–H and O–H groups in total. The van der Waals surface area contributed by atoms with Crippen molar-refractivity contribution < 1.29 is 4.79 Å². The molecule has 0 aliphatic carbocycles. The average molecular weight is 209 g/mol. The predicted molar refractivity (Wildman–Crippen MR) is 66.2 cm³/mol. The monoisotopic (exact) mass is 209 g/mol. The lowest BCUT2D eigenvalue weighted by Gasteiger charge is -2.16. The van der Waals surface area contributed by atoms with E-state index >= 15 is 0 Å². The normalized spacial score (nSPS) is 9.75. The highest BCUT2D eigenvalue weighted by Crippen LogP contribution is 2.25. The number of carbonyl (C=O) groups is 1. The second kappa shape index (κ2) is 4.08. The molecular weight excluding hydrogens is 198 g/mol. The molecule has 1 amide bonds. The Bertz CT molecular complexity index is 575. The Labute approximate surface area is 94.5 Å². The van der Waals surface area contributed by atoms with Crippen molar-refractivity contribution >= 4 is 22.4 Å². The van der Waals surface area contributed by atoms with Gasteiger partial charge in [-0.25, -0.2) is 0 Å². The zero-order valence-corrected chi connectivity index (χ0v) is 8.97. The minimum Gasteiger partial charge on any atom is -0.304 e. The molecule has 2 aromatic carbocycles. The second-order valence-electron chi connectivity index (χ2n) is 3.51. The molecular formula is C14H11NO. The Kier molecular flexibility index (Phi) is 2.61. The highest BCUT2D eigenvalue weighted by molar-refractivity contribution is 6.10. The topological polar surface area (TPSA) is 20.3 Å². The highest BCUT2D eigenvalue weighted by atomic mass is 16.2. The van der Waals surface area contributed by atoms with E-state index in [9.17, 15) is 4.79 Å². The zero-order valence-electron chi connectivity index (χ0n) is 8.97. The van der Waals surface area contributed by atoms with E-state index in [1.54, 1.807) is 7.05 Å². The van der Waals surface area contributed by atoms with Crippen molar-refractivity contribution in [1.82, 2.24) is 0 Å². The van der Waals surface area contributed by atoms with Crippen LogP contribution in [0.25, 0.3) is 10.8 Å². The molecule has 0 bridgehead atoms. The number of terminal acetylenes is 1. The molecule has 0 heterocycles. The average Bonchev–Trinajstić information content (AvgIpc) is 2.36. The molecule has 0 spiro atoms. The summed E-state index contributed by atoms with van der Waals surface area (Å²) < 4.78 is 0. The number of fused-ring (bicyclic) bond motifs is 1. The van der Waals surface area contributed by atoms with Gasteiger partial charge in [-0.05, 0) is 17.4 Å². The van der Waals surface area contributed by atoms with Crippen molar-refractivity contribution in [1.29, 1.82) is 0 Å². The van der Waals surface area contributed by atoms with E-state index in [0.717, 1.165) is 16.5 Å². The molecule has 0 aliphatic rings. The van der Waals surface area contributed by atoms with Gasteiger partial charge in [0.15, 0.2) is 0 Å². The van der Waals surface area contributed by atoms with Crippen LogP contribution in [0.1, 0.15) is 0 Å². The molecule has 0 unspecified atom stereocenters. The molecule has 0 aliphatic heterocycles. The molecule has 2 rings (SSSR count). The minimum absolute atomic E-state index is 0.337. The molecule has 2 nitrogen and oxygen atoms in total. The van der Waals surface area contributed by atoms with Gasteiger partial charge < -0.3 is 4.90 Å². The fourth-order valence-electron chi connectivity index (χ4n) is 1.71. The number of amides is 1. The third-order valence-electron chi connectivity index (χ3n) is 2.56. The summed E-state index contributed by atoms with van der Waals surface area (Å²) in [5.41, 5.74) is 0.834. The molecule has 0 fully saturated rings. The van der Waals surface area contributed by atoms with Gasteiger partial charge in [0.05, 0.1) is 5.69 Å². The van der Waals surface area contributed by atoms with E-state index < -0.39 is 0 Å². The summed E-state index contributed by atoms with van der Waals surface area (Å²) in [6.07, 6.45) is 5.11. The number of anilines is 1. The van der Waals surface area contributed by atoms with Crippen LogP contribution in [0.5, 0.6) is 0 Å². The lowest BCUT2D eigenvalue weighted by Crippen LogP contribution is -2.24. The first-order valence-corrected chi connectivity index (χ1v) is 4.96. The molecule has 2 aromatic rings. The van der Waals surface area contributed by atoms with Crippen LogP contribution < -0.4 is 4.90 Å². The first kappa shape index (κ1) is 10.3. The van der Waals surface area contributed by atoms with Gasteiger partial charge in [0.25, 0.3) is 0 Å². The quantitative estimate of drug-likeness (QED) is 0.660. The molecule has 0 atom stereocenters. The Morgan fingerprint density at radius 1 is 1.19 bits per heavy atom. The van der Waals surface area contributed by atoms with Crippen molar-refractivity contribution in [3.63, 3.8) is 0 Å². The van der Waals surface area contributed by atoms with Crippen LogP contribution in [0.15, 0.2) is 42.5 Å². The number of hydrogen-bond donors (Lipinski definition) is 0. The Morgan fingerprint density at radius 2 is 1.88 bits per heavy atom. The standard InChI is InChI=1S/C14H11NO/c1-3-14(16)15(2)13-10-6-8-11-7-4-5-9-12(11)13/h1,4-10H,2H3. The zero-order chi connectivity index (χ0) is 11.5. The van der Waals surface area contributed by atoms with Crippen LogP contribution in [-0.2, 0) is 4.79 Å². The maximum absolute atomic E-state index is 11.4.